The summed E-state index contributed by atoms with van der Waals surface area (Å²) in [6, 6.07) is 21.0. The largest absolute Gasteiger partial charge is 0.463 e. The zero-order valence-electron chi connectivity index (χ0n) is 16.1. The van der Waals surface area contributed by atoms with Crippen LogP contribution in [-0.2, 0) is 9.84 Å². The van der Waals surface area contributed by atoms with E-state index >= 15 is 0 Å². The third kappa shape index (κ3) is 4.01. The van der Waals surface area contributed by atoms with Crippen molar-refractivity contribution >= 4 is 15.7 Å². The maximum Gasteiger partial charge on any atom is 0.248 e. The summed E-state index contributed by atoms with van der Waals surface area (Å²) >= 11 is 0. The van der Waals surface area contributed by atoms with E-state index in [0.29, 0.717) is 22.7 Å². The third-order valence-electron chi connectivity index (χ3n) is 4.68. The predicted octanol–water partition coefficient (Wildman–Crippen LogP) is 4.18. The molecule has 0 aliphatic carbocycles. The fraction of sp³-hybridized carbons (Fsp3) is 0.0435. The molecule has 4 rings (SSSR count). The lowest BCUT2D eigenvalue weighted by molar-refractivity contribution is 0.100. The molecule has 2 aromatic heterocycles. The number of nitrogens with two attached hydrogens (primary N) is 1. The minimum absolute atomic E-state index is 0.246. The summed E-state index contributed by atoms with van der Waals surface area (Å²) in [6.07, 6.45) is 2.75. The predicted molar refractivity (Wildman–Crippen MR) is 114 cm³/mol. The lowest BCUT2D eigenvalue weighted by Crippen LogP contribution is -2.10. The Hall–Kier alpha value is -3.71. The van der Waals surface area contributed by atoms with Crippen molar-refractivity contribution in [3.63, 3.8) is 0 Å². The molecule has 1 amide bonds. The van der Waals surface area contributed by atoms with Crippen molar-refractivity contribution in [2.75, 3.05) is 6.26 Å². The molecule has 0 bridgehead atoms. The maximum absolute atomic E-state index is 11.7. The van der Waals surface area contributed by atoms with Crippen LogP contribution >= 0.6 is 0 Å². The van der Waals surface area contributed by atoms with Gasteiger partial charge in [0.1, 0.15) is 5.69 Å². The molecule has 4 aromatic rings. The van der Waals surface area contributed by atoms with Gasteiger partial charge in [0, 0.05) is 17.4 Å². The lowest BCUT2D eigenvalue weighted by atomic mass is 10.0. The van der Waals surface area contributed by atoms with Crippen molar-refractivity contribution in [3.8, 4) is 33.8 Å². The lowest BCUT2D eigenvalue weighted by Gasteiger charge is -2.10. The highest BCUT2D eigenvalue weighted by Gasteiger charge is 2.12. The molecular weight excluding hydrogens is 400 g/mol. The summed E-state index contributed by atoms with van der Waals surface area (Å²) in [5, 5.41) is 0. The Bertz CT molecular complexity index is 1310. The van der Waals surface area contributed by atoms with Gasteiger partial charge in [-0.25, -0.2) is 13.4 Å². The second-order valence-electron chi connectivity index (χ2n) is 6.84. The van der Waals surface area contributed by atoms with Crippen molar-refractivity contribution in [2.24, 2.45) is 5.73 Å². The fourth-order valence-corrected chi connectivity index (χ4v) is 3.73. The minimum atomic E-state index is -3.28. The van der Waals surface area contributed by atoms with E-state index in [1.165, 1.54) is 6.26 Å². The fourth-order valence-electron chi connectivity index (χ4n) is 3.10. The molecule has 0 radical (unpaired) electrons. The Morgan fingerprint density at radius 3 is 2.07 bits per heavy atom. The molecule has 0 atom stereocenters. The zero-order valence-corrected chi connectivity index (χ0v) is 16.9. The Balaban J connectivity index is 1.83. The van der Waals surface area contributed by atoms with Crippen LogP contribution in [0.1, 0.15) is 10.4 Å². The molecule has 2 N–H and O–H groups in total. The van der Waals surface area contributed by atoms with Gasteiger partial charge in [-0.15, -0.1) is 0 Å². The highest BCUT2D eigenvalue weighted by atomic mass is 32.2. The van der Waals surface area contributed by atoms with Crippen molar-refractivity contribution < 1.29 is 17.6 Å². The van der Waals surface area contributed by atoms with E-state index in [4.69, 9.17) is 15.1 Å². The first-order chi connectivity index (χ1) is 14.3. The number of carbonyl (C=O) groups excluding carboxylic acids is 1. The number of benzene rings is 2. The van der Waals surface area contributed by atoms with Gasteiger partial charge in [0.05, 0.1) is 16.9 Å². The molecule has 0 aliphatic heterocycles. The standard InChI is InChI=1S/C23H18N2O4S/c1-30(27,28)19-10-8-16(9-11-19)20-13-18(14-21(25-20)22-3-2-12-29-22)15-4-6-17(7-5-15)23(24)26/h2-14H,1H3,(H2,24,26). The smallest absolute Gasteiger partial charge is 0.248 e. The average molecular weight is 418 g/mol. The SMILES string of the molecule is CS(=O)(=O)c1ccc(-c2cc(-c3ccc(C(N)=O)cc3)cc(-c3ccco3)n2)cc1. The van der Waals surface area contributed by atoms with Crippen LogP contribution in [0.4, 0.5) is 0 Å². The number of hydrogen-bond acceptors (Lipinski definition) is 5. The molecule has 7 heteroatoms. The molecule has 0 unspecified atom stereocenters. The van der Waals surface area contributed by atoms with E-state index in [0.717, 1.165) is 16.7 Å². The van der Waals surface area contributed by atoms with E-state index in [1.807, 2.05) is 30.3 Å². The van der Waals surface area contributed by atoms with Crippen LogP contribution < -0.4 is 5.73 Å². The molecule has 2 aromatic carbocycles. The minimum Gasteiger partial charge on any atom is -0.463 e. The number of pyridine rings is 1. The van der Waals surface area contributed by atoms with Crippen molar-refractivity contribution in [2.45, 2.75) is 4.90 Å². The molecule has 2 heterocycles. The third-order valence-corrected chi connectivity index (χ3v) is 5.81. The quantitative estimate of drug-likeness (QED) is 0.524. The number of amides is 1. The summed E-state index contributed by atoms with van der Waals surface area (Å²) in [4.78, 5) is 16.3. The van der Waals surface area contributed by atoms with Crippen LogP contribution in [0.5, 0.6) is 0 Å². The monoisotopic (exact) mass is 418 g/mol. The van der Waals surface area contributed by atoms with E-state index in [-0.39, 0.29) is 4.90 Å². The van der Waals surface area contributed by atoms with Gasteiger partial charge in [-0.05, 0) is 59.7 Å². The molecule has 6 nitrogen and oxygen atoms in total. The van der Waals surface area contributed by atoms with Gasteiger partial charge < -0.3 is 10.2 Å². The number of sulfone groups is 1. The van der Waals surface area contributed by atoms with Gasteiger partial charge in [0.2, 0.25) is 5.91 Å². The number of nitrogens with zero attached hydrogens (tertiary/aromatic N) is 1. The van der Waals surface area contributed by atoms with Crippen molar-refractivity contribution in [1.29, 1.82) is 0 Å². The van der Waals surface area contributed by atoms with Gasteiger partial charge in [0.25, 0.3) is 0 Å². The van der Waals surface area contributed by atoms with E-state index < -0.39 is 15.7 Å². The van der Waals surface area contributed by atoms with Gasteiger partial charge in [-0.1, -0.05) is 24.3 Å². The molecule has 0 fully saturated rings. The van der Waals surface area contributed by atoms with Crippen LogP contribution in [-0.4, -0.2) is 25.6 Å². The number of carbonyl (C=O) groups is 1. The first-order valence-corrected chi connectivity index (χ1v) is 11.0. The second-order valence-corrected chi connectivity index (χ2v) is 8.86. The highest BCUT2D eigenvalue weighted by Crippen LogP contribution is 2.31. The van der Waals surface area contributed by atoms with Gasteiger partial charge in [-0.3, -0.25) is 4.79 Å². The normalized spacial score (nSPS) is 11.4. The summed E-state index contributed by atoms with van der Waals surface area (Å²) in [6.45, 7) is 0. The maximum atomic E-state index is 11.7. The summed E-state index contributed by atoms with van der Waals surface area (Å²) < 4.78 is 29.0. The number of furan rings is 1. The van der Waals surface area contributed by atoms with E-state index in [1.54, 1.807) is 48.7 Å². The van der Waals surface area contributed by atoms with Crippen LogP contribution in [0, 0.1) is 0 Å². The van der Waals surface area contributed by atoms with Gasteiger partial charge >= 0.3 is 0 Å². The second kappa shape index (κ2) is 7.61. The van der Waals surface area contributed by atoms with Crippen LogP contribution in [0.15, 0.2) is 88.4 Å². The number of aromatic nitrogens is 1. The molecular formula is C23H18N2O4S. The summed E-state index contributed by atoms with van der Waals surface area (Å²) in [7, 11) is -3.28. The van der Waals surface area contributed by atoms with E-state index in [9.17, 15) is 13.2 Å². The van der Waals surface area contributed by atoms with Crippen LogP contribution in [0.3, 0.4) is 0 Å². The Morgan fingerprint density at radius 1 is 0.867 bits per heavy atom. The molecule has 150 valence electrons. The molecule has 30 heavy (non-hydrogen) atoms. The van der Waals surface area contributed by atoms with Crippen molar-refractivity contribution in [1.82, 2.24) is 4.98 Å². The summed E-state index contributed by atoms with van der Waals surface area (Å²) in [5.74, 6) is 0.124. The summed E-state index contributed by atoms with van der Waals surface area (Å²) in [5.41, 5.74) is 9.58. The topological polar surface area (TPSA) is 103 Å². The molecule has 0 aliphatic rings. The van der Waals surface area contributed by atoms with Gasteiger partial charge in [0.15, 0.2) is 15.6 Å². The molecule has 0 saturated carbocycles. The number of rotatable bonds is 5. The average Bonchev–Trinajstić information content (AvgIpc) is 3.28. The van der Waals surface area contributed by atoms with Crippen molar-refractivity contribution in [3.05, 3.63) is 84.6 Å². The first kappa shape index (κ1) is 19.6. The van der Waals surface area contributed by atoms with Gasteiger partial charge in [-0.2, -0.15) is 0 Å². The van der Waals surface area contributed by atoms with E-state index in [2.05, 4.69) is 0 Å². The Labute approximate surface area is 173 Å². The number of hydrogen-bond donors (Lipinski definition) is 1. The first-order valence-electron chi connectivity index (χ1n) is 9.08. The van der Waals surface area contributed by atoms with Crippen LogP contribution in [0.25, 0.3) is 33.8 Å². The molecule has 0 spiro atoms. The number of primary amides is 1. The van der Waals surface area contributed by atoms with Crippen LogP contribution in [0.2, 0.25) is 0 Å². The highest BCUT2D eigenvalue weighted by molar-refractivity contribution is 7.90. The Kier molecular flexibility index (Phi) is 4.97. The molecule has 0 saturated heterocycles. The Morgan fingerprint density at radius 2 is 1.50 bits per heavy atom. The zero-order chi connectivity index (χ0) is 21.3.